The number of nitriles is 1. The van der Waals surface area contributed by atoms with E-state index in [-0.39, 0.29) is 12.0 Å². The highest BCUT2D eigenvalue weighted by atomic mass is 15.3. The summed E-state index contributed by atoms with van der Waals surface area (Å²) in [7, 11) is 0. The molecular weight excluding hydrogens is 274 g/mol. The van der Waals surface area contributed by atoms with Crippen molar-refractivity contribution in [1.82, 2.24) is 19.9 Å². The standard InChI is InChI=1S/C17H23N5/c1-12(2)16(19-14-7-5-6-13(10-14)11-18)17-21-20-15-8-3-4-9-22(15)17/h3-4,8-9,12-14,16,19H,5-7,10H2,1-2H3/t13-,14-,16-/m0/s1. The van der Waals surface area contributed by atoms with E-state index in [1.165, 1.54) is 0 Å². The van der Waals surface area contributed by atoms with Gasteiger partial charge in [0, 0.05) is 18.2 Å². The van der Waals surface area contributed by atoms with Crippen LogP contribution in [0.2, 0.25) is 0 Å². The van der Waals surface area contributed by atoms with Crippen molar-refractivity contribution in [3.05, 3.63) is 30.2 Å². The van der Waals surface area contributed by atoms with Gasteiger partial charge in [0.1, 0.15) is 0 Å². The van der Waals surface area contributed by atoms with Crippen molar-refractivity contribution in [3.63, 3.8) is 0 Å². The number of nitrogens with one attached hydrogen (secondary N) is 1. The molecule has 2 aromatic heterocycles. The molecule has 1 saturated carbocycles. The van der Waals surface area contributed by atoms with E-state index in [2.05, 4.69) is 39.8 Å². The Balaban J connectivity index is 1.83. The SMILES string of the molecule is CC(C)[C@H](N[C@H]1CCC[C@H](C#N)C1)c1nnc2ccccn12. The zero-order valence-corrected chi connectivity index (χ0v) is 13.2. The molecular formula is C17H23N5. The van der Waals surface area contributed by atoms with E-state index in [4.69, 9.17) is 0 Å². The number of nitrogens with zero attached hydrogens (tertiary/aromatic N) is 4. The summed E-state index contributed by atoms with van der Waals surface area (Å²) in [5, 5.41) is 21.6. The number of hydrogen-bond acceptors (Lipinski definition) is 4. The number of rotatable bonds is 4. The minimum atomic E-state index is 0.153. The lowest BCUT2D eigenvalue weighted by atomic mass is 9.85. The Morgan fingerprint density at radius 3 is 2.95 bits per heavy atom. The molecule has 116 valence electrons. The fraction of sp³-hybridized carbons (Fsp3) is 0.588. The molecule has 5 nitrogen and oxygen atoms in total. The number of pyridine rings is 1. The smallest absolute Gasteiger partial charge is 0.160 e. The molecule has 5 heteroatoms. The molecule has 0 radical (unpaired) electrons. The third-order valence-corrected chi connectivity index (χ3v) is 4.56. The Kier molecular flexibility index (Phi) is 4.39. The fourth-order valence-electron chi connectivity index (χ4n) is 3.35. The monoisotopic (exact) mass is 297 g/mol. The lowest BCUT2D eigenvalue weighted by molar-refractivity contribution is 0.268. The van der Waals surface area contributed by atoms with E-state index in [9.17, 15) is 5.26 Å². The third kappa shape index (κ3) is 2.97. The lowest BCUT2D eigenvalue weighted by Crippen LogP contribution is -2.39. The molecule has 1 aliphatic carbocycles. The Hall–Kier alpha value is -1.93. The Bertz CT molecular complexity index is 669. The first-order valence-corrected chi connectivity index (χ1v) is 8.14. The van der Waals surface area contributed by atoms with Crippen LogP contribution in [0.3, 0.4) is 0 Å². The summed E-state index contributed by atoms with van der Waals surface area (Å²) in [6.07, 6.45) is 6.26. The highest BCUT2D eigenvalue weighted by Crippen LogP contribution is 2.28. The van der Waals surface area contributed by atoms with Crippen molar-refractivity contribution in [1.29, 1.82) is 5.26 Å². The molecule has 1 aliphatic rings. The van der Waals surface area contributed by atoms with E-state index < -0.39 is 0 Å². The topological polar surface area (TPSA) is 66.0 Å². The maximum atomic E-state index is 9.17. The first-order chi connectivity index (χ1) is 10.7. The molecule has 3 rings (SSSR count). The van der Waals surface area contributed by atoms with Gasteiger partial charge in [-0.2, -0.15) is 5.26 Å². The zero-order valence-electron chi connectivity index (χ0n) is 13.2. The van der Waals surface area contributed by atoms with Gasteiger partial charge >= 0.3 is 0 Å². The Labute approximate surface area is 131 Å². The van der Waals surface area contributed by atoms with Gasteiger partial charge in [0.05, 0.1) is 12.1 Å². The summed E-state index contributed by atoms with van der Waals surface area (Å²) in [4.78, 5) is 0. The van der Waals surface area contributed by atoms with Crippen LogP contribution in [0.25, 0.3) is 5.65 Å². The summed E-state index contributed by atoms with van der Waals surface area (Å²) < 4.78 is 2.06. The molecule has 2 heterocycles. The van der Waals surface area contributed by atoms with Crippen LogP contribution in [-0.4, -0.2) is 20.6 Å². The van der Waals surface area contributed by atoms with Crippen molar-refractivity contribution in [2.75, 3.05) is 0 Å². The van der Waals surface area contributed by atoms with E-state index in [0.717, 1.165) is 37.2 Å². The zero-order chi connectivity index (χ0) is 15.5. The number of fused-ring (bicyclic) bond motifs is 1. The van der Waals surface area contributed by atoms with Crippen molar-refractivity contribution in [2.24, 2.45) is 11.8 Å². The van der Waals surface area contributed by atoms with Crippen molar-refractivity contribution < 1.29 is 0 Å². The summed E-state index contributed by atoms with van der Waals surface area (Å²) >= 11 is 0. The minimum absolute atomic E-state index is 0.153. The highest BCUT2D eigenvalue weighted by Gasteiger charge is 2.28. The van der Waals surface area contributed by atoms with Gasteiger partial charge < -0.3 is 5.32 Å². The van der Waals surface area contributed by atoms with Gasteiger partial charge in [-0.05, 0) is 37.3 Å². The molecule has 3 atom stereocenters. The second-order valence-corrected chi connectivity index (χ2v) is 6.56. The maximum Gasteiger partial charge on any atom is 0.160 e. The molecule has 22 heavy (non-hydrogen) atoms. The van der Waals surface area contributed by atoms with Crippen molar-refractivity contribution in [3.8, 4) is 6.07 Å². The fourth-order valence-corrected chi connectivity index (χ4v) is 3.35. The molecule has 0 amide bonds. The predicted octanol–water partition coefficient (Wildman–Crippen LogP) is 3.10. The van der Waals surface area contributed by atoms with E-state index in [0.29, 0.717) is 12.0 Å². The normalized spacial score (nSPS) is 23.5. The second-order valence-electron chi connectivity index (χ2n) is 6.56. The average molecular weight is 297 g/mol. The second kappa shape index (κ2) is 6.45. The molecule has 1 fully saturated rings. The van der Waals surface area contributed by atoms with Crippen LogP contribution in [0.15, 0.2) is 24.4 Å². The maximum absolute atomic E-state index is 9.17. The molecule has 0 bridgehead atoms. The van der Waals surface area contributed by atoms with Crippen LogP contribution >= 0.6 is 0 Å². The molecule has 2 aromatic rings. The average Bonchev–Trinajstić information content (AvgIpc) is 2.96. The van der Waals surface area contributed by atoms with Gasteiger partial charge in [-0.3, -0.25) is 4.40 Å². The van der Waals surface area contributed by atoms with Crippen LogP contribution in [0.1, 0.15) is 51.4 Å². The molecule has 0 aliphatic heterocycles. The van der Waals surface area contributed by atoms with Gasteiger partial charge in [-0.1, -0.05) is 26.3 Å². The largest absolute Gasteiger partial charge is 0.304 e. The lowest BCUT2D eigenvalue weighted by Gasteiger charge is -2.31. The van der Waals surface area contributed by atoms with Gasteiger partial charge in [0.15, 0.2) is 11.5 Å². The van der Waals surface area contributed by atoms with Crippen LogP contribution in [0.5, 0.6) is 0 Å². The van der Waals surface area contributed by atoms with E-state index in [1.54, 1.807) is 0 Å². The third-order valence-electron chi connectivity index (χ3n) is 4.56. The first kappa shape index (κ1) is 15.0. The predicted molar refractivity (Wildman–Crippen MR) is 85.1 cm³/mol. The quantitative estimate of drug-likeness (QED) is 0.941. The van der Waals surface area contributed by atoms with Crippen LogP contribution in [-0.2, 0) is 0 Å². The van der Waals surface area contributed by atoms with Crippen LogP contribution < -0.4 is 5.32 Å². The number of hydrogen-bond donors (Lipinski definition) is 1. The summed E-state index contributed by atoms with van der Waals surface area (Å²) in [6.45, 7) is 4.40. The van der Waals surface area contributed by atoms with Crippen molar-refractivity contribution in [2.45, 2.75) is 51.6 Å². The van der Waals surface area contributed by atoms with Crippen LogP contribution in [0, 0.1) is 23.2 Å². The summed E-state index contributed by atoms with van der Waals surface area (Å²) in [6, 6.07) is 8.92. The number of aromatic nitrogens is 3. The summed E-state index contributed by atoms with van der Waals surface area (Å²) in [5.74, 6) is 1.56. The minimum Gasteiger partial charge on any atom is -0.304 e. The summed E-state index contributed by atoms with van der Waals surface area (Å²) in [5.41, 5.74) is 0.878. The highest BCUT2D eigenvalue weighted by molar-refractivity contribution is 5.37. The van der Waals surface area contributed by atoms with Gasteiger partial charge in [-0.15, -0.1) is 10.2 Å². The van der Waals surface area contributed by atoms with Gasteiger partial charge in [-0.25, -0.2) is 0 Å². The molecule has 0 aromatic carbocycles. The molecule has 1 N–H and O–H groups in total. The van der Waals surface area contributed by atoms with Crippen molar-refractivity contribution >= 4 is 5.65 Å². The Morgan fingerprint density at radius 2 is 2.18 bits per heavy atom. The van der Waals surface area contributed by atoms with Gasteiger partial charge in [0.25, 0.3) is 0 Å². The Morgan fingerprint density at radius 1 is 1.32 bits per heavy atom. The van der Waals surface area contributed by atoms with E-state index in [1.807, 2.05) is 24.4 Å². The van der Waals surface area contributed by atoms with Crippen LogP contribution in [0.4, 0.5) is 0 Å². The molecule has 0 spiro atoms. The molecule has 0 saturated heterocycles. The van der Waals surface area contributed by atoms with Gasteiger partial charge in [0.2, 0.25) is 0 Å². The van der Waals surface area contributed by atoms with E-state index >= 15 is 0 Å². The first-order valence-electron chi connectivity index (χ1n) is 8.14. The molecule has 0 unspecified atom stereocenters.